The largest absolute Gasteiger partial charge is 0.484 e. The standard InChI is InChI=1S/C19H25ClFN4O4Si/c1-2-3-4-8-27-19-24-23-18(29-19)16-7-9-30(12-22-16)25-17(26)11-28-13-5-6-14(20)15(21)10-13/h5-6,10,16,22H,2-4,7-9,11-12H2,1H3,(H,25,26)/t16-/m1/s1. The molecule has 1 radical (unpaired) electrons. The van der Waals surface area contributed by atoms with Crippen molar-refractivity contribution in [1.82, 2.24) is 20.5 Å². The molecular weight excluding hydrogens is 431 g/mol. The van der Waals surface area contributed by atoms with Crippen molar-refractivity contribution in [3.63, 3.8) is 0 Å². The first-order valence-corrected chi connectivity index (χ1v) is 12.3. The molecule has 0 spiro atoms. The Labute approximate surface area is 181 Å². The van der Waals surface area contributed by atoms with Crippen molar-refractivity contribution < 1.29 is 23.1 Å². The molecule has 0 bridgehead atoms. The molecule has 1 aliphatic heterocycles. The smallest absolute Gasteiger partial charge is 0.414 e. The number of unbranched alkanes of at least 4 members (excludes halogenated alkanes) is 2. The van der Waals surface area contributed by atoms with Crippen LogP contribution in [-0.2, 0) is 4.79 Å². The lowest BCUT2D eigenvalue weighted by Crippen LogP contribution is -2.51. The molecule has 0 saturated carbocycles. The van der Waals surface area contributed by atoms with E-state index in [4.69, 9.17) is 25.5 Å². The first-order chi connectivity index (χ1) is 14.5. The number of amides is 1. The van der Waals surface area contributed by atoms with Gasteiger partial charge in [-0.15, -0.1) is 5.10 Å². The molecule has 1 saturated heterocycles. The van der Waals surface area contributed by atoms with E-state index in [9.17, 15) is 9.18 Å². The van der Waals surface area contributed by atoms with E-state index in [0.717, 1.165) is 37.8 Å². The monoisotopic (exact) mass is 455 g/mol. The summed E-state index contributed by atoms with van der Waals surface area (Å²) in [7, 11) is -1.12. The molecule has 1 atom stereocenters. The van der Waals surface area contributed by atoms with E-state index in [2.05, 4.69) is 27.4 Å². The number of nitrogens with zero attached hydrogens (tertiary/aromatic N) is 2. The molecule has 1 amide bonds. The molecule has 2 N–H and O–H groups in total. The van der Waals surface area contributed by atoms with Crippen LogP contribution in [0.25, 0.3) is 0 Å². The summed E-state index contributed by atoms with van der Waals surface area (Å²) < 4.78 is 29.8. The molecule has 1 aromatic heterocycles. The van der Waals surface area contributed by atoms with Crippen molar-refractivity contribution in [3.05, 3.63) is 34.9 Å². The fourth-order valence-corrected chi connectivity index (χ4v) is 5.06. The third kappa shape index (κ3) is 6.68. The lowest BCUT2D eigenvalue weighted by Gasteiger charge is -2.26. The van der Waals surface area contributed by atoms with Crippen molar-refractivity contribution in [3.8, 4) is 11.8 Å². The van der Waals surface area contributed by atoms with Crippen molar-refractivity contribution in [2.75, 3.05) is 19.4 Å². The number of aromatic nitrogens is 2. The van der Waals surface area contributed by atoms with Crippen LogP contribution >= 0.6 is 11.6 Å². The molecule has 11 heteroatoms. The Morgan fingerprint density at radius 3 is 3.00 bits per heavy atom. The van der Waals surface area contributed by atoms with Crippen LogP contribution in [0, 0.1) is 5.82 Å². The van der Waals surface area contributed by atoms with E-state index < -0.39 is 14.8 Å². The Hall–Kier alpha value is -2.17. The van der Waals surface area contributed by atoms with Gasteiger partial charge in [0.05, 0.1) is 17.7 Å². The summed E-state index contributed by atoms with van der Waals surface area (Å²) in [5.41, 5.74) is 0. The van der Waals surface area contributed by atoms with Crippen LogP contribution in [0.15, 0.2) is 22.6 Å². The minimum absolute atomic E-state index is 0.0106. The first kappa shape index (κ1) is 22.5. The molecule has 1 aromatic carbocycles. The maximum atomic E-state index is 13.4. The second-order valence-electron chi connectivity index (χ2n) is 6.95. The average Bonchev–Trinajstić information content (AvgIpc) is 3.21. The quantitative estimate of drug-likeness (QED) is 0.419. The molecule has 1 fully saturated rings. The Kier molecular flexibility index (Phi) is 8.47. The summed E-state index contributed by atoms with van der Waals surface area (Å²) in [6.07, 6.45) is 4.81. The highest BCUT2D eigenvalue weighted by Crippen LogP contribution is 2.24. The molecule has 8 nitrogen and oxygen atoms in total. The minimum Gasteiger partial charge on any atom is -0.484 e. The summed E-state index contributed by atoms with van der Waals surface area (Å²) in [4.78, 5) is 15.1. The third-order valence-electron chi connectivity index (χ3n) is 4.57. The molecule has 3 rings (SSSR count). The molecule has 0 aliphatic carbocycles. The second-order valence-corrected chi connectivity index (χ2v) is 9.67. The Morgan fingerprint density at radius 2 is 2.27 bits per heavy atom. The second kappa shape index (κ2) is 11.3. The maximum Gasteiger partial charge on any atom is 0.414 e. The highest BCUT2D eigenvalue weighted by atomic mass is 35.5. The molecule has 30 heavy (non-hydrogen) atoms. The van der Waals surface area contributed by atoms with Gasteiger partial charge in [0, 0.05) is 12.2 Å². The number of ether oxygens (including phenoxy) is 2. The molecule has 0 unspecified atom stereocenters. The summed E-state index contributed by atoms with van der Waals surface area (Å²) in [5, 5.41) is 11.3. The lowest BCUT2D eigenvalue weighted by atomic mass is 10.2. The molecule has 2 aromatic rings. The van der Waals surface area contributed by atoms with Gasteiger partial charge in [0.2, 0.25) is 11.8 Å². The maximum absolute atomic E-state index is 13.4. The summed E-state index contributed by atoms with van der Waals surface area (Å²) >= 11 is 5.63. The highest BCUT2D eigenvalue weighted by molar-refractivity contribution is 6.59. The van der Waals surface area contributed by atoms with Crippen LogP contribution in [0.3, 0.4) is 0 Å². The summed E-state index contributed by atoms with van der Waals surface area (Å²) in [6.45, 7) is 2.52. The van der Waals surface area contributed by atoms with Crippen LogP contribution in [0.5, 0.6) is 11.8 Å². The Balaban J connectivity index is 1.37. The van der Waals surface area contributed by atoms with Crippen molar-refractivity contribution >= 4 is 26.5 Å². The van der Waals surface area contributed by atoms with Crippen LogP contribution in [0.2, 0.25) is 11.1 Å². The van der Waals surface area contributed by atoms with Crippen LogP contribution in [-0.4, -0.2) is 44.4 Å². The lowest BCUT2D eigenvalue weighted by molar-refractivity contribution is -0.121. The van der Waals surface area contributed by atoms with Crippen LogP contribution in [0.1, 0.15) is 44.5 Å². The SMILES string of the molecule is CCCCCOc1nnc([C@H]2CC[Si](NC(=O)COc3ccc(Cl)c(F)c3)CN2)o1. The molecular formula is C19H25ClFN4O4Si. The Morgan fingerprint density at radius 1 is 1.40 bits per heavy atom. The molecule has 2 heterocycles. The van der Waals surface area contributed by atoms with Gasteiger partial charge in [-0.05, 0) is 31.0 Å². The summed E-state index contributed by atoms with van der Waals surface area (Å²) in [6, 6.07) is 4.86. The van der Waals surface area contributed by atoms with Crippen molar-refractivity contribution in [2.45, 2.75) is 44.7 Å². The predicted octanol–water partition coefficient (Wildman–Crippen LogP) is 3.19. The first-order valence-electron chi connectivity index (χ1n) is 9.97. The number of hydrogen-bond donors (Lipinski definition) is 2. The van der Waals surface area contributed by atoms with E-state index in [1.165, 1.54) is 12.1 Å². The predicted molar refractivity (Wildman–Crippen MR) is 110 cm³/mol. The number of halogens is 2. The van der Waals surface area contributed by atoms with E-state index in [-0.39, 0.29) is 35.4 Å². The van der Waals surface area contributed by atoms with E-state index in [1.54, 1.807) is 0 Å². The number of rotatable bonds is 10. The topological polar surface area (TPSA) is 98.5 Å². The number of nitrogens with one attached hydrogen (secondary N) is 2. The van der Waals surface area contributed by atoms with E-state index >= 15 is 0 Å². The molecule has 1 aliphatic rings. The van der Waals surface area contributed by atoms with Gasteiger partial charge in [0.15, 0.2) is 15.6 Å². The van der Waals surface area contributed by atoms with Gasteiger partial charge in [-0.3, -0.25) is 4.79 Å². The number of benzene rings is 1. The van der Waals surface area contributed by atoms with Gasteiger partial charge in [-0.2, -0.15) is 0 Å². The summed E-state index contributed by atoms with van der Waals surface area (Å²) in [5.74, 6) is -0.0595. The van der Waals surface area contributed by atoms with Crippen molar-refractivity contribution in [1.29, 1.82) is 0 Å². The number of carbonyl (C=O) groups excluding carboxylic acids is 1. The van der Waals surface area contributed by atoms with Gasteiger partial charge in [-0.25, -0.2) is 4.39 Å². The minimum atomic E-state index is -1.12. The fraction of sp³-hybridized carbons (Fsp3) is 0.526. The fourth-order valence-electron chi connectivity index (χ4n) is 2.95. The normalized spacial score (nSPS) is 17.0. The van der Waals surface area contributed by atoms with E-state index in [0.29, 0.717) is 18.7 Å². The average molecular weight is 456 g/mol. The highest BCUT2D eigenvalue weighted by Gasteiger charge is 2.28. The van der Waals surface area contributed by atoms with Gasteiger partial charge in [-0.1, -0.05) is 36.5 Å². The van der Waals surface area contributed by atoms with Crippen LogP contribution in [0.4, 0.5) is 4.39 Å². The molecule has 163 valence electrons. The van der Waals surface area contributed by atoms with Gasteiger partial charge in [0.1, 0.15) is 11.6 Å². The third-order valence-corrected chi connectivity index (χ3v) is 7.03. The van der Waals surface area contributed by atoms with E-state index in [1.807, 2.05) is 0 Å². The Bertz CT molecular complexity index is 833. The number of carbonyl (C=O) groups is 1. The van der Waals surface area contributed by atoms with Gasteiger partial charge < -0.3 is 24.2 Å². The zero-order valence-corrected chi connectivity index (χ0v) is 18.5. The number of hydrogen-bond acceptors (Lipinski definition) is 7. The van der Waals surface area contributed by atoms with Gasteiger partial charge >= 0.3 is 6.08 Å². The zero-order valence-electron chi connectivity index (χ0n) is 16.7. The van der Waals surface area contributed by atoms with Gasteiger partial charge in [0.25, 0.3) is 0 Å². The van der Waals surface area contributed by atoms with Crippen LogP contribution < -0.4 is 19.8 Å². The zero-order chi connectivity index (χ0) is 21.3. The van der Waals surface area contributed by atoms with Crippen molar-refractivity contribution in [2.24, 2.45) is 0 Å².